The molecule has 0 spiro atoms. The molecule has 0 aromatic rings. The van der Waals surface area contributed by atoms with Crippen molar-refractivity contribution in [2.24, 2.45) is 5.92 Å². The first kappa shape index (κ1) is 18.0. The van der Waals surface area contributed by atoms with Crippen LogP contribution in [0.25, 0.3) is 0 Å². The van der Waals surface area contributed by atoms with Crippen molar-refractivity contribution in [3.05, 3.63) is 0 Å². The molecule has 1 rings (SSSR count). The Morgan fingerprint density at radius 2 is 1.20 bits per heavy atom. The number of epoxide rings is 1. The topological polar surface area (TPSA) is 12.5 Å². The summed E-state index contributed by atoms with van der Waals surface area (Å²) in [6.07, 6.45) is 20.6. The number of rotatable bonds is 15. The quantitative estimate of drug-likeness (QED) is 0.246. The average Bonchev–Trinajstić information content (AvgIpc) is 3.26. The van der Waals surface area contributed by atoms with E-state index in [1.165, 1.54) is 89.9 Å². The highest BCUT2D eigenvalue weighted by Gasteiger charge is 2.26. The molecule has 1 heterocycles. The van der Waals surface area contributed by atoms with E-state index in [4.69, 9.17) is 4.74 Å². The van der Waals surface area contributed by atoms with E-state index < -0.39 is 0 Å². The van der Waals surface area contributed by atoms with Gasteiger partial charge in [-0.2, -0.15) is 0 Å². The molecule has 1 saturated heterocycles. The lowest BCUT2D eigenvalue weighted by molar-refractivity contribution is 0.316. The van der Waals surface area contributed by atoms with E-state index in [0.29, 0.717) is 6.10 Å². The van der Waals surface area contributed by atoms with E-state index >= 15 is 0 Å². The van der Waals surface area contributed by atoms with Crippen LogP contribution in [0.3, 0.4) is 0 Å². The molecule has 1 fully saturated rings. The maximum Gasteiger partial charge on any atom is 0.0812 e. The molecule has 2 atom stereocenters. The minimum Gasteiger partial charge on any atom is -0.373 e. The maximum absolute atomic E-state index is 5.44. The zero-order chi connectivity index (χ0) is 14.5. The SMILES string of the molecule is CCCCCCCCC(CCCCCCC)CC1CO1. The molecule has 0 bridgehead atoms. The second-order valence-corrected chi connectivity index (χ2v) is 6.82. The Labute approximate surface area is 127 Å². The summed E-state index contributed by atoms with van der Waals surface area (Å²) in [5, 5.41) is 0. The highest BCUT2D eigenvalue weighted by molar-refractivity contribution is 4.74. The lowest BCUT2D eigenvalue weighted by atomic mass is 9.90. The van der Waals surface area contributed by atoms with Crippen molar-refractivity contribution < 1.29 is 4.74 Å². The highest BCUT2D eigenvalue weighted by Crippen LogP contribution is 2.28. The van der Waals surface area contributed by atoms with Crippen molar-refractivity contribution in [1.29, 1.82) is 0 Å². The molecule has 1 nitrogen and oxygen atoms in total. The van der Waals surface area contributed by atoms with Crippen LogP contribution < -0.4 is 0 Å². The molecule has 120 valence electrons. The van der Waals surface area contributed by atoms with E-state index in [2.05, 4.69) is 13.8 Å². The van der Waals surface area contributed by atoms with Crippen molar-refractivity contribution in [3.8, 4) is 0 Å². The van der Waals surface area contributed by atoms with Gasteiger partial charge in [0.1, 0.15) is 0 Å². The van der Waals surface area contributed by atoms with Gasteiger partial charge in [-0.05, 0) is 12.3 Å². The summed E-state index contributed by atoms with van der Waals surface area (Å²) in [6.45, 7) is 5.64. The van der Waals surface area contributed by atoms with Gasteiger partial charge in [0, 0.05) is 0 Å². The molecule has 0 saturated carbocycles. The van der Waals surface area contributed by atoms with Gasteiger partial charge in [-0.25, -0.2) is 0 Å². The summed E-state index contributed by atoms with van der Waals surface area (Å²) in [5.74, 6) is 0.954. The van der Waals surface area contributed by atoms with Crippen LogP contribution >= 0.6 is 0 Å². The van der Waals surface area contributed by atoms with Crippen molar-refractivity contribution >= 4 is 0 Å². The van der Waals surface area contributed by atoms with Crippen LogP contribution in [0, 0.1) is 5.92 Å². The van der Waals surface area contributed by atoms with Crippen molar-refractivity contribution in [2.75, 3.05) is 6.61 Å². The van der Waals surface area contributed by atoms with Gasteiger partial charge in [-0.1, -0.05) is 97.3 Å². The summed E-state index contributed by atoms with van der Waals surface area (Å²) in [5.41, 5.74) is 0. The number of hydrogen-bond donors (Lipinski definition) is 0. The zero-order valence-electron chi connectivity index (χ0n) is 14.2. The summed E-state index contributed by atoms with van der Waals surface area (Å²) in [4.78, 5) is 0. The minimum atomic E-state index is 0.635. The van der Waals surface area contributed by atoms with Crippen molar-refractivity contribution in [1.82, 2.24) is 0 Å². The predicted molar refractivity (Wildman–Crippen MR) is 89.2 cm³/mol. The third kappa shape index (κ3) is 10.7. The predicted octanol–water partition coefficient (Wildman–Crippen LogP) is 6.50. The molecule has 0 amide bonds. The van der Waals surface area contributed by atoms with Crippen LogP contribution in [-0.2, 0) is 4.74 Å². The molecular formula is C19H38O. The Hall–Kier alpha value is -0.0400. The van der Waals surface area contributed by atoms with Crippen molar-refractivity contribution in [2.45, 2.75) is 110 Å². The van der Waals surface area contributed by atoms with Crippen LogP contribution in [-0.4, -0.2) is 12.7 Å². The first-order valence-corrected chi connectivity index (χ1v) is 9.48. The Morgan fingerprint density at radius 3 is 1.65 bits per heavy atom. The van der Waals surface area contributed by atoms with Gasteiger partial charge in [0.25, 0.3) is 0 Å². The average molecular weight is 283 g/mol. The molecule has 0 radical (unpaired) electrons. The fourth-order valence-electron chi connectivity index (χ4n) is 3.21. The van der Waals surface area contributed by atoms with Crippen LogP contribution in [0.1, 0.15) is 104 Å². The summed E-state index contributed by atoms with van der Waals surface area (Å²) < 4.78 is 5.44. The maximum atomic E-state index is 5.44. The third-order valence-corrected chi connectivity index (χ3v) is 4.68. The van der Waals surface area contributed by atoms with Gasteiger partial charge in [0.2, 0.25) is 0 Å². The van der Waals surface area contributed by atoms with Crippen molar-refractivity contribution in [3.63, 3.8) is 0 Å². The Balaban J connectivity index is 1.99. The van der Waals surface area contributed by atoms with Gasteiger partial charge in [-0.15, -0.1) is 0 Å². The summed E-state index contributed by atoms with van der Waals surface area (Å²) in [7, 11) is 0. The van der Waals surface area contributed by atoms with E-state index in [0.717, 1.165) is 12.5 Å². The standard InChI is InChI=1S/C19H38O/c1-3-5-7-9-11-13-15-18(16-19-17-20-19)14-12-10-8-6-4-2/h18-19H,3-17H2,1-2H3. The summed E-state index contributed by atoms with van der Waals surface area (Å²) in [6, 6.07) is 0. The molecule has 1 aliphatic rings. The molecule has 0 aliphatic carbocycles. The van der Waals surface area contributed by atoms with Gasteiger partial charge in [-0.3, -0.25) is 0 Å². The molecule has 1 aliphatic heterocycles. The molecule has 2 unspecified atom stereocenters. The first-order valence-electron chi connectivity index (χ1n) is 9.48. The second kappa shape index (κ2) is 12.7. The van der Waals surface area contributed by atoms with Gasteiger partial charge < -0.3 is 4.74 Å². The van der Waals surface area contributed by atoms with Gasteiger partial charge in [0.05, 0.1) is 12.7 Å². The first-order chi connectivity index (χ1) is 9.86. The van der Waals surface area contributed by atoms with E-state index in [9.17, 15) is 0 Å². The van der Waals surface area contributed by atoms with E-state index in [1.54, 1.807) is 0 Å². The van der Waals surface area contributed by atoms with Crippen LogP contribution in [0.4, 0.5) is 0 Å². The molecule has 20 heavy (non-hydrogen) atoms. The summed E-state index contributed by atoms with van der Waals surface area (Å²) >= 11 is 0. The van der Waals surface area contributed by atoms with E-state index in [1.807, 2.05) is 0 Å². The molecule has 1 heteroatoms. The van der Waals surface area contributed by atoms with E-state index in [-0.39, 0.29) is 0 Å². The fourth-order valence-corrected chi connectivity index (χ4v) is 3.21. The molecular weight excluding hydrogens is 244 g/mol. The normalized spacial score (nSPS) is 19.2. The Kier molecular flexibility index (Phi) is 11.4. The van der Waals surface area contributed by atoms with Crippen LogP contribution in [0.5, 0.6) is 0 Å². The van der Waals surface area contributed by atoms with Gasteiger partial charge in [0.15, 0.2) is 0 Å². The minimum absolute atomic E-state index is 0.635. The Morgan fingerprint density at radius 1 is 0.750 bits per heavy atom. The highest BCUT2D eigenvalue weighted by atomic mass is 16.6. The second-order valence-electron chi connectivity index (χ2n) is 6.82. The lowest BCUT2D eigenvalue weighted by Gasteiger charge is -2.15. The smallest absolute Gasteiger partial charge is 0.0812 e. The molecule has 0 aromatic carbocycles. The van der Waals surface area contributed by atoms with Crippen LogP contribution in [0.15, 0.2) is 0 Å². The van der Waals surface area contributed by atoms with Gasteiger partial charge >= 0.3 is 0 Å². The lowest BCUT2D eigenvalue weighted by Crippen LogP contribution is -2.05. The Bertz CT molecular complexity index is 198. The third-order valence-electron chi connectivity index (χ3n) is 4.68. The number of unbranched alkanes of at least 4 members (excludes halogenated alkanes) is 9. The fraction of sp³-hybridized carbons (Fsp3) is 1.00. The molecule has 0 N–H and O–H groups in total. The number of ether oxygens (including phenoxy) is 1. The zero-order valence-corrected chi connectivity index (χ0v) is 14.2. The monoisotopic (exact) mass is 282 g/mol. The largest absolute Gasteiger partial charge is 0.373 e. The van der Waals surface area contributed by atoms with Crippen LogP contribution in [0.2, 0.25) is 0 Å². The molecule has 0 aromatic heterocycles. The number of hydrogen-bond acceptors (Lipinski definition) is 1.